The number of carbonyl (C=O) groups is 2. The van der Waals surface area contributed by atoms with Crippen molar-refractivity contribution in [1.82, 2.24) is 0 Å². The van der Waals surface area contributed by atoms with Crippen molar-refractivity contribution >= 4 is 11.6 Å². The minimum Gasteiger partial charge on any atom is -0.492 e. The van der Waals surface area contributed by atoms with Gasteiger partial charge in [0.2, 0.25) is 5.78 Å². The molecule has 0 aromatic heterocycles. The van der Waals surface area contributed by atoms with E-state index in [0.717, 1.165) is 24.8 Å². The zero-order chi connectivity index (χ0) is 13.1. The molecule has 0 heterocycles. The Morgan fingerprint density at radius 3 is 2.67 bits per heavy atom. The van der Waals surface area contributed by atoms with Gasteiger partial charge in [-0.1, -0.05) is 31.5 Å². The first kappa shape index (κ1) is 12.6. The number of ether oxygens (including phenoxy) is 1. The first-order valence-corrected chi connectivity index (χ1v) is 6.15. The third-order valence-electron chi connectivity index (χ3n) is 3.15. The number of hydrogen-bond donors (Lipinski definition) is 0. The quantitative estimate of drug-likeness (QED) is 0.817. The van der Waals surface area contributed by atoms with Crippen molar-refractivity contribution in [3.63, 3.8) is 0 Å². The van der Waals surface area contributed by atoms with Gasteiger partial charge in [-0.15, -0.1) is 0 Å². The number of hydrogen-bond acceptors (Lipinski definition) is 3. The molecule has 3 heteroatoms. The monoisotopic (exact) mass is 244 g/mol. The van der Waals surface area contributed by atoms with Crippen LogP contribution in [0.5, 0.6) is 0 Å². The number of aryl methyl sites for hydroxylation is 1. The number of Topliss-reactive ketones (excluding diaryl/α,β-unsaturated/α-hetero) is 1. The predicted molar refractivity (Wildman–Crippen MR) is 68.8 cm³/mol. The van der Waals surface area contributed by atoms with Gasteiger partial charge in [-0.05, 0) is 18.4 Å². The standard InChI is InChI=1S/C15H16O3/c1-3-4-6-10-7-5-8-11-14(10)12(16)9-13(18-2)15(11)17/h5,7-9H,3-4,6H2,1-2H3. The topological polar surface area (TPSA) is 43.4 Å². The molecule has 0 atom stereocenters. The molecule has 18 heavy (non-hydrogen) atoms. The lowest BCUT2D eigenvalue weighted by Gasteiger charge is -2.17. The van der Waals surface area contributed by atoms with Crippen LogP contribution in [0.4, 0.5) is 0 Å². The molecule has 0 bridgehead atoms. The molecule has 3 nitrogen and oxygen atoms in total. The SMILES string of the molecule is CCCCc1cccc2c1C(=O)C=C(OC)C2=O. The Hall–Kier alpha value is -1.90. The van der Waals surface area contributed by atoms with Gasteiger partial charge in [-0.3, -0.25) is 9.59 Å². The van der Waals surface area contributed by atoms with E-state index in [1.807, 2.05) is 12.1 Å². The zero-order valence-corrected chi connectivity index (χ0v) is 10.7. The second-order valence-corrected chi connectivity index (χ2v) is 4.35. The van der Waals surface area contributed by atoms with E-state index in [1.54, 1.807) is 6.07 Å². The van der Waals surface area contributed by atoms with Crippen LogP contribution in [0, 0.1) is 0 Å². The molecular formula is C15H16O3. The second-order valence-electron chi connectivity index (χ2n) is 4.35. The van der Waals surface area contributed by atoms with Crippen molar-refractivity contribution < 1.29 is 14.3 Å². The number of ketones is 2. The smallest absolute Gasteiger partial charge is 0.228 e. The van der Waals surface area contributed by atoms with Gasteiger partial charge < -0.3 is 4.74 Å². The molecule has 2 rings (SSSR count). The first-order valence-electron chi connectivity index (χ1n) is 6.15. The summed E-state index contributed by atoms with van der Waals surface area (Å²) in [4.78, 5) is 24.1. The summed E-state index contributed by atoms with van der Waals surface area (Å²) in [5.74, 6) is -0.209. The Kier molecular flexibility index (Phi) is 3.60. The molecule has 0 radical (unpaired) electrons. The van der Waals surface area contributed by atoms with Crippen LogP contribution in [-0.4, -0.2) is 18.7 Å². The molecule has 0 saturated carbocycles. The second kappa shape index (κ2) is 5.17. The van der Waals surface area contributed by atoms with Gasteiger partial charge in [0, 0.05) is 17.2 Å². The summed E-state index contributed by atoms with van der Waals surface area (Å²) in [6.07, 6.45) is 4.19. The third kappa shape index (κ3) is 2.08. The average molecular weight is 244 g/mol. The summed E-state index contributed by atoms with van der Waals surface area (Å²) >= 11 is 0. The van der Waals surface area contributed by atoms with E-state index in [4.69, 9.17) is 4.74 Å². The van der Waals surface area contributed by atoms with Crippen molar-refractivity contribution in [3.8, 4) is 0 Å². The van der Waals surface area contributed by atoms with Gasteiger partial charge in [0.05, 0.1) is 7.11 Å². The molecule has 0 amide bonds. The highest BCUT2D eigenvalue weighted by Crippen LogP contribution is 2.25. The van der Waals surface area contributed by atoms with E-state index >= 15 is 0 Å². The van der Waals surface area contributed by atoms with Gasteiger partial charge >= 0.3 is 0 Å². The Morgan fingerprint density at radius 1 is 1.22 bits per heavy atom. The van der Waals surface area contributed by atoms with Crippen LogP contribution in [0.15, 0.2) is 30.0 Å². The molecular weight excluding hydrogens is 228 g/mol. The largest absolute Gasteiger partial charge is 0.492 e. The predicted octanol–water partition coefficient (Wildman–Crippen LogP) is 2.94. The van der Waals surface area contributed by atoms with Crippen molar-refractivity contribution in [1.29, 1.82) is 0 Å². The fourth-order valence-corrected chi connectivity index (χ4v) is 2.20. The molecule has 94 valence electrons. The minimum absolute atomic E-state index is 0.125. The van der Waals surface area contributed by atoms with E-state index in [9.17, 15) is 9.59 Å². The molecule has 0 saturated heterocycles. The minimum atomic E-state index is -0.203. The van der Waals surface area contributed by atoms with Crippen LogP contribution in [-0.2, 0) is 11.2 Å². The molecule has 1 aliphatic carbocycles. The third-order valence-corrected chi connectivity index (χ3v) is 3.15. The summed E-state index contributed by atoms with van der Waals surface area (Å²) < 4.78 is 4.94. The van der Waals surface area contributed by atoms with Crippen molar-refractivity contribution in [2.75, 3.05) is 7.11 Å². The Morgan fingerprint density at radius 2 is 2.00 bits per heavy atom. The van der Waals surface area contributed by atoms with Gasteiger partial charge in [0.25, 0.3) is 0 Å². The maximum absolute atomic E-state index is 12.1. The molecule has 1 aliphatic rings. The number of methoxy groups -OCH3 is 1. The van der Waals surface area contributed by atoms with Crippen molar-refractivity contribution in [2.45, 2.75) is 26.2 Å². The summed E-state index contributed by atoms with van der Waals surface area (Å²) in [5.41, 5.74) is 1.98. The molecule has 0 fully saturated rings. The van der Waals surface area contributed by atoms with E-state index in [2.05, 4.69) is 6.92 Å². The normalized spacial score (nSPS) is 14.2. The summed E-state index contributed by atoms with van der Waals surface area (Å²) in [5, 5.41) is 0. The zero-order valence-electron chi connectivity index (χ0n) is 10.7. The van der Waals surface area contributed by atoms with Crippen LogP contribution >= 0.6 is 0 Å². The van der Waals surface area contributed by atoms with E-state index in [1.165, 1.54) is 13.2 Å². The number of benzene rings is 1. The van der Waals surface area contributed by atoms with E-state index in [-0.39, 0.29) is 17.3 Å². The highest BCUT2D eigenvalue weighted by atomic mass is 16.5. The summed E-state index contributed by atoms with van der Waals surface area (Å²) in [7, 11) is 1.41. The lowest BCUT2D eigenvalue weighted by Crippen LogP contribution is -2.19. The van der Waals surface area contributed by atoms with Gasteiger partial charge in [-0.2, -0.15) is 0 Å². The fraction of sp³-hybridized carbons (Fsp3) is 0.333. The Bertz CT molecular complexity index is 527. The van der Waals surface area contributed by atoms with Crippen LogP contribution in [0.2, 0.25) is 0 Å². The van der Waals surface area contributed by atoms with Crippen LogP contribution in [0.3, 0.4) is 0 Å². The van der Waals surface area contributed by atoms with Gasteiger partial charge in [0.15, 0.2) is 11.5 Å². The molecule has 0 spiro atoms. The summed E-state index contributed by atoms with van der Waals surface area (Å²) in [6, 6.07) is 5.44. The maximum atomic E-state index is 12.1. The van der Waals surface area contributed by atoms with Crippen molar-refractivity contribution in [2.24, 2.45) is 0 Å². The number of allylic oxidation sites excluding steroid dienone is 2. The van der Waals surface area contributed by atoms with Crippen molar-refractivity contribution in [3.05, 3.63) is 46.7 Å². The first-order chi connectivity index (χ1) is 8.69. The number of unbranched alkanes of at least 4 members (excludes halogenated alkanes) is 1. The number of carbonyl (C=O) groups excluding carboxylic acids is 2. The number of rotatable bonds is 4. The molecule has 1 aromatic rings. The highest BCUT2D eigenvalue weighted by Gasteiger charge is 2.27. The molecule has 0 N–H and O–H groups in total. The Balaban J connectivity index is 2.48. The molecule has 1 aromatic carbocycles. The lowest BCUT2D eigenvalue weighted by atomic mass is 9.88. The number of fused-ring (bicyclic) bond motifs is 1. The average Bonchev–Trinajstić information content (AvgIpc) is 2.40. The summed E-state index contributed by atoms with van der Waals surface area (Å²) in [6.45, 7) is 2.10. The van der Waals surface area contributed by atoms with Crippen LogP contribution in [0.1, 0.15) is 46.0 Å². The maximum Gasteiger partial charge on any atom is 0.228 e. The lowest BCUT2D eigenvalue weighted by molar-refractivity contribution is 0.0916. The Labute approximate surface area is 106 Å². The van der Waals surface area contributed by atoms with E-state index in [0.29, 0.717) is 11.1 Å². The molecule has 0 unspecified atom stereocenters. The molecule has 0 aliphatic heterocycles. The van der Waals surface area contributed by atoms with Crippen LogP contribution in [0.25, 0.3) is 0 Å². The highest BCUT2D eigenvalue weighted by molar-refractivity contribution is 6.24. The van der Waals surface area contributed by atoms with Gasteiger partial charge in [-0.25, -0.2) is 0 Å². The van der Waals surface area contributed by atoms with Crippen LogP contribution < -0.4 is 0 Å². The van der Waals surface area contributed by atoms with Gasteiger partial charge in [0.1, 0.15) is 0 Å². The van der Waals surface area contributed by atoms with E-state index < -0.39 is 0 Å². The fourth-order valence-electron chi connectivity index (χ4n) is 2.20.